The maximum absolute atomic E-state index is 12.8. The maximum atomic E-state index is 12.8. The number of carbonyl (C=O) groups excluding carboxylic acids is 3. The zero-order valence-electron chi connectivity index (χ0n) is 45.1. The zero-order valence-corrected chi connectivity index (χ0v) is 45.1. The highest BCUT2D eigenvalue weighted by atomic mass is 16.6. The molecule has 0 aromatic carbocycles. The Kier molecular flexibility index (Phi) is 54.3. The summed E-state index contributed by atoms with van der Waals surface area (Å²) in [6.07, 6.45) is 71.0. The average Bonchev–Trinajstić information content (AvgIpc) is 3.34. The summed E-state index contributed by atoms with van der Waals surface area (Å²) in [5.41, 5.74) is 0. The van der Waals surface area contributed by atoms with Crippen LogP contribution in [0, 0.1) is 0 Å². The summed E-state index contributed by atoms with van der Waals surface area (Å²) in [7, 11) is 0. The predicted octanol–water partition coefficient (Wildman–Crippen LogP) is 19.6. The first kappa shape index (κ1) is 65.1. The van der Waals surface area contributed by atoms with Crippen molar-refractivity contribution in [1.82, 2.24) is 0 Å². The summed E-state index contributed by atoms with van der Waals surface area (Å²) < 4.78 is 16.8. The number of rotatable bonds is 53. The fourth-order valence-electron chi connectivity index (χ4n) is 8.39. The maximum Gasteiger partial charge on any atom is 0.306 e. The van der Waals surface area contributed by atoms with Gasteiger partial charge in [-0.3, -0.25) is 14.4 Å². The Morgan fingerprint density at radius 2 is 0.603 bits per heavy atom. The number of carbonyl (C=O) groups is 3. The van der Waals surface area contributed by atoms with E-state index in [1.807, 2.05) is 6.08 Å². The van der Waals surface area contributed by atoms with E-state index in [-0.39, 0.29) is 37.5 Å². The van der Waals surface area contributed by atoms with Gasteiger partial charge in [0.15, 0.2) is 6.10 Å². The van der Waals surface area contributed by atoms with E-state index in [9.17, 15) is 14.4 Å². The lowest BCUT2D eigenvalue weighted by atomic mass is 10.0. The Hall–Kier alpha value is -2.89. The standard InChI is InChI=1S/C62H110O6/c1-4-7-10-13-16-19-22-25-26-27-28-29-30-31-32-33-34-35-36-38-40-43-46-49-52-55-61(64)67-58-59(57-66-60(63)54-51-48-45-42-39-24-21-18-15-12-9-6-3)68-62(65)56-53-50-47-44-41-37-23-20-17-14-11-8-5-2/h8,11,17,20,27-28,37,41,47,50,59H,4-7,9-10,12-16,18-19,21-26,29-36,38-40,42-46,48-49,51-58H2,1-3H3/b11-8-,20-17-,28-27-,41-37-,50-47-. The summed E-state index contributed by atoms with van der Waals surface area (Å²) in [5.74, 6) is -0.972. The molecule has 1 atom stereocenters. The number of allylic oxidation sites excluding steroid dienone is 10. The molecule has 0 aromatic rings. The highest BCUT2D eigenvalue weighted by Crippen LogP contribution is 2.16. The molecule has 0 heterocycles. The first-order valence-electron chi connectivity index (χ1n) is 29.3. The van der Waals surface area contributed by atoms with Gasteiger partial charge in [-0.25, -0.2) is 0 Å². The molecule has 0 saturated carbocycles. The quantitative estimate of drug-likeness (QED) is 0.0262. The number of unbranched alkanes of at least 4 members (excludes halogenated alkanes) is 32. The molecule has 0 aromatic heterocycles. The molecule has 0 aliphatic rings. The lowest BCUT2D eigenvalue weighted by molar-refractivity contribution is -0.166. The summed E-state index contributed by atoms with van der Waals surface area (Å²) in [6, 6.07) is 0. The normalized spacial score (nSPS) is 12.5. The van der Waals surface area contributed by atoms with Crippen molar-refractivity contribution in [3.05, 3.63) is 60.8 Å². The van der Waals surface area contributed by atoms with Crippen LogP contribution in [0.15, 0.2) is 60.8 Å². The van der Waals surface area contributed by atoms with Crippen molar-refractivity contribution < 1.29 is 28.6 Å². The molecule has 0 aliphatic carbocycles. The molecule has 6 heteroatoms. The molecule has 0 rings (SSSR count). The minimum atomic E-state index is -0.809. The van der Waals surface area contributed by atoms with Crippen molar-refractivity contribution >= 4 is 17.9 Å². The van der Waals surface area contributed by atoms with Gasteiger partial charge in [-0.15, -0.1) is 0 Å². The number of esters is 3. The summed E-state index contributed by atoms with van der Waals surface area (Å²) >= 11 is 0. The van der Waals surface area contributed by atoms with Crippen molar-refractivity contribution in [2.45, 2.75) is 303 Å². The van der Waals surface area contributed by atoms with E-state index < -0.39 is 6.10 Å². The minimum absolute atomic E-state index is 0.0998. The van der Waals surface area contributed by atoms with Gasteiger partial charge in [-0.05, 0) is 70.6 Å². The van der Waals surface area contributed by atoms with E-state index in [1.54, 1.807) is 0 Å². The van der Waals surface area contributed by atoms with Crippen molar-refractivity contribution in [1.29, 1.82) is 0 Å². The highest BCUT2D eigenvalue weighted by Gasteiger charge is 2.19. The Morgan fingerprint density at radius 3 is 0.956 bits per heavy atom. The lowest BCUT2D eigenvalue weighted by Gasteiger charge is -2.18. The zero-order chi connectivity index (χ0) is 49.3. The van der Waals surface area contributed by atoms with Gasteiger partial charge < -0.3 is 14.2 Å². The summed E-state index contributed by atoms with van der Waals surface area (Å²) in [4.78, 5) is 38.0. The van der Waals surface area contributed by atoms with Crippen LogP contribution in [0.1, 0.15) is 297 Å². The molecule has 394 valence electrons. The Balaban J connectivity index is 4.25. The molecular weight excluding hydrogens is 841 g/mol. The van der Waals surface area contributed by atoms with Gasteiger partial charge in [0.2, 0.25) is 0 Å². The smallest absolute Gasteiger partial charge is 0.306 e. The fraction of sp³-hybridized carbons (Fsp3) is 0.790. The first-order valence-corrected chi connectivity index (χ1v) is 29.3. The van der Waals surface area contributed by atoms with Crippen LogP contribution in [0.3, 0.4) is 0 Å². The topological polar surface area (TPSA) is 78.9 Å². The van der Waals surface area contributed by atoms with Gasteiger partial charge in [-0.1, -0.05) is 268 Å². The van der Waals surface area contributed by atoms with E-state index in [2.05, 4.69) is 75.5 Å². The van der Waals surface area contributed by atoms with Gasteiger partial charge in [0, 0.05) is 19.3 Å². The SMILES string of the molecule is CC/C=C\C/C=C\C/C=C\C/C=C\CCC(=O)OC(COC(=O)CCCCCCCCCCCCCC)COC(=O)CCCCCCCCCCCCCCC/C=C\CCCCCCCCCC. The molecule has 0 radical (unpaired) electrons. The van der Waals surface area contributed by atoms with Gasteiger partial charge in [-0.2, -0.15) is 0 Å². The molecule has 0 aliphatic heterocycles. The molecule has 0 spiro atoms. The fourth-order valence-corrected chi connectivity index (χ4v) is 8.39. The highest BCUT2D eigenvalue weighted by molar-refractivity contribution is 5.71. The summed E-state index contributed by atoms with van der Waals surface area (Å²) in [5, 5.41) is 0. The Bertz CT molecular complexity index is 1230. The third-order valence-electron chi connectivity index (χ3n) is 12.8. The van der Waals surface area contributed by atoms with Crippen LogP contribution in [0.2, 0.25) is 0 Å². The van der Waals surface area contributed by atoms with Crippen molar-refractivity contribution in [2.75, 3.05) is 13.2 Å². The molecule has 1 unspecified atom stereocenters. The van der Waals surface area contributed by atoms with Crippen LogP contribution in [0.5, 0.6) is 0 Å². The van der Waals surface area contributed by atoms with Crippen LogP contribution in [0.4, 0.5) is 0 Å². The first-order chi connectivity index (χ1) is 33.5. The van der Waals surface area contributed by atoms with Crippen LogP contribution >= 0.6 is 0 Å². The average molecular weight is 952 g/mol. The molecule has 0 bridgehead atoms. The molecule has 0 fully saturated rings. The van der Waals surface area contributed by atoms with Crippen LogP contribution in [-0.4, -0.2) is 37.2 Å². The van der Waals surface area contributed by atoms with E-state index in [0.29, 0.717) is 19.3 Å². The van der Waals surface area contributed by atoms with Crippen LogP contribution < -0.4 is 0 Å². The second kappa shape index (κ2) is 56.7. The lowest BCUT2D eigenvalue weighted by Crippen LogP contribution is -2.30. The van der Waals surface area contributed by atoms with Crippen molar-refractivity contribution in [3.63, 3.8) is 0 Å². The van der Waals surface area contributed by atoms with E-state index >= 15 is 0 Å². The summed E-state index contributed by atoms with van der Waals surface area (Å²) in [6.45, 7) is 6.48. The molecular formula is C62H110O6. The van der Waals surface area contributed by atoms with Gasteiger partial charge in [0.1, 0.15) is 13.2 Å². The van der Waals surface area contributed by atoms with Gasteiger partial charge >= 0.3 is 17.9 Å². The van der Waals surface area contributed by atoms with Gasteiger partial charge in [0.05, 0.1) is 0 Å². The Labute approximate surface area is 421 Å². The molecule has 68 heavy (non-hydrogen) atoms. The van der Waals surface area contributed by atoms with Crippen molar-refractivity contribution in [3.8, 4) is 0 Å². The van der Waals surface area contributed by atoms with Crippen LogP contribution in [0.25, 0.3) is 0 Å². The largest absolute Gasteiger partial charge is 0.462 e. The number of hydrogen-bond acceptors (Lipinski definition) is 6. The number of hydrogen-bond donors (Lipinski definition) is 0. The molecule has 6 nitrogen and oxygen atoms in total. The second-order valence-corrected chi connectivity index (χ2v) is 19.5. The third kappa shape index (κ3) is 54.1. The Morgan fingerprint density at radius 1 is 0.309 bits per heavy atom. The molecule has 0 amide bonds. The third-order valence-corrected chi connectivity index (χ3v) is 12.8. The van der Waals surface area contributed by atoms with Gasteiger partial charge in [0.25, 0.3) is 0 Å². The molecule has 0 saturated heterocycles. The van der Waals surface area contributed by atoms with E-state index in [0.717, 1.165) is 64.2 Å². The van der Waals surface area contributed by atoms with E-state index in [4.69, 9.17) is 14.2 Å². The predicted molar refractivity (Wildman–Crippen MR) is 293 cm³/mol. The monoisotopic (exact) mass is 951 g/mol. The number of ether oxygens (including phenoxy) is 3. The van der Waals surface area contributed by atoms with E-state index in [1.165, 1.54) is 186 Å². The van der Waals surface area contributed by atoms with Crippen molar-refractivity contribution in [2.24, 2.45) is 0 Å². The van der Waals surface area contributed by atoms with Crippen LogP contribution in [-0.2, 0) is 28.6 Å². The minimum Gasteiger partial charge on any atom is -0.462 e. The second-order valence-electron chi connectivity index (χ2n) is 19.5. The molecule has 0 N–H and O–H groups in total.